The van der Waals surface area contributed by atoms with Crippen LogP contribution in [0.15, 0.2) is 66.7 Å². The van der Waals surface area contributed by atoms with Crippen LogP contribution in [0.3, 0.4) is 0 Å². The van der Waals surface area contributed by atoms with E-state index in [0.717, 1.165) is 16.8 Å². The third kappa shape index (κ3) is 3.41. The maximum absolute atomic E-state index is 13.6. The van der Waals surface area contributed by atoms with Gasteiger partial charge >= 0.3 is 0 Å². The Morgan fingerprint density at radius 3 is 2.46 bits per heavy atom. The number of aromatic nitrogens is 2. The number of aryl methyl sites for hydroxylation is 1. The van der Waals surface area contributed by atoms with Crippen LogP contribution in [0.1, 0.15) is 11.1 Å². The van der Waals surface area contributed by atoms with E-state index in [1.807, 2.05) is 28.8 Å². The molecular weight excluding hydrogens is 349 g/mol. The van der Waals surface area contributed by atoms with Crippen LogP contribution in [0.4, 0.5) is 16.0 Å². The molecule has 0 amide bonds. The second kappa shape index (κ2) is 6.81. The topological polar surface area (TPSA) is 29.9 Å². The molecule has 1 heterocycles. The molecule has 26 heavy (non-hydrogen) atoms. The van der Waals surface area contributed by atoms with Gasteiger partial charge in [-0.3, -0.25) is 0 Å². The van der Waals surface area contributed by atoms with Crippen LogP contribution in [0, 0.1) is 12.7 Å². The molecule has 3 nitrogen and oxygen atoms in total. The third-order valence-corrected chi connectivity index (χ3v) is 4.52. The summed E-state index contributed by atoms with van der Waals surface area (Å²) in [6.45, 7) is 2.70. The molecule has 0 radical (unpaired) electrons. The quantitative estimate of drug-likeness (QED) is 0.485. The highest BCUT2D eigenvalue weighted by Gasteiger charge is 2.12. The van der Waals surface area contributed by atoms with E-state index in [1.54, 1.807) is 6.07 Å². The standard InChI is InChI=1S/C21H17ClFN3/c1-14-2-4-15(5-3-14)13-26-20-11-8-17(23)12-19(20)25-21(26)24-18-9-6-16(22)7-10-18/h2-12H,13H2,1H3,(H,24,25). The van der Waals surface area contributed by atoms with Crippen molar-refractivity contribution in [3.63, 3.8) is 0 Å². The molecule has 0 spiro atoms. The molecule has 130 valence electrons. The lowest BCUT2D eigenvalue weighted by molar-refractivity contribution is 0.629. The highest BCUT2D eigenvalue weighted by Crippen LogP contribution is 2.25. The summed E-state index contributed by atoms with van der Waals surface area (Å²) in [6.07, 6.45) is 0. The predicted molar refractivity (Wildman–Crippen MR) is 105 cm³/mol. The number of halogens is 2. The molecule has 0 aliphatic heterocycles. The molecule has 1 N–H and O–H groups in total. The molecule has 4 aromatic rings. The molecule has 5 heteroatoms. The first kappa shape index (κ1) is 16.6. The Bertz CT molecular complexity index is 1050. The molecule has 0 bridgehead atoms. The van der Waals surface area contributed by atoms with Gasteiger partial charge in [-0.25, -0.2) is 9.37 Å². The molecule has 0 unspecified atom stereocenters. The number of benzene rings is 3. The largest absolute Gasteiger partial charge is 0.326 e. The van der Waals surface area contributed by atoms with Crippen molar-refractivity contribution in [3.05, 3.63) is 88.7 Å². The molecule has 3 aromatic carbocycles. The maximum Gasteiger partial charge on any atom is 0.208 e. The highest BCUT2D eigenvalue weighted by molar-refractivity contribution is 6.30. The lowest BCUT2D eigenvalue weighted by atomic mass is 10.1. The molecule has 0 aliphatic rings. The number of fused-ring (bicyclic) bond motifs is 1. The first-order chi connectivity index (χ1) is 12.6. The van der Waals surface area contributed by atoms with Gasteiger partial charge in [-0.1, -0.05) is 41.4 Å². The van der Waals surface area contributed by atoms with E-state index in [9.17, 15) is 4.39 Å². The number of nitrogens with zero attached hydrogens (tertiary/aromatic N) is 2. The zero-order valence-electron chi connectivity index (χ0n) is 14.2. The van der Waals surface area contributed by atoms with Crippen molar-refractivity contribution in [2.75, 3.05) is 5.32 Å². The molecule has 0 saturated heterocycles. The summed E-state index contributed by atoms with van der Waals surface area (Å²) < 4.78 is 15.7. The van der Waals surface area contributed by atoms with E-state index in [2.05, 4.69) is 41.5 Å². The van der Waals surface area contributed by atoms with Crippen molar-refractivity contribution in [3.8, 4) is 0 Å². The van der Waals surface area contributed by atoms with Crippen molar-refractivity contribution in [2.45, 2.75) is 13.5 Å². The van der Waals surface area contributed by atoms with Gasteiger partial charge < -0.3 is 9.88 Å². The van der Waals surface area contributed by atoms with E-state index < -0.39 is 0 Å². The Morgan fingerprint density at radius 1 is 1.00 bits per heavy atom. The molecule has 4 rings (SSSR count). The summed E-state index contributed by atoms with van der Waals surface area (Å²) in [4.78, 5) is 4.58. The fourth-order valence-corrected chi connectivity index (χ4v) is 3.02. The number of nitrogens with one attached hydrogen (secondary N) is 1. The lowest BCUT2D eigenvalue weighted by Gasteiger charge is -2.11. The summed E-state index contributed by atoms with van der Waals surface area (Å²) >= 11 is 5.96. The van der Waals surface area contributed by atoms with Crippen molar-refractivity contribution in [1.29, 1.82) is 0 Å². The Kier molecular flexibility index (Phi) is 4.35. The van der Waals surface area contributed by atoms with Crippen LogP contribution in [0.2, 0.25) is 5.02 Å². The van der Waals surface area contributed by atoms with Crippen molar-refractivity contribution >= 4 is 34.3 Å². The van der Waals surface area contributed by atoms with Crippen molar-refractivity contribution in [2.24, 2.45) is 0 Å². The van der Waals surface area contributed by atoms with Gasteiger partial charge in [0.2, 0.25) is 5.95 Å². The van der Waals surface area contributed by atoms with Gasteiger partial charge in [-0.2, -0.15) is 0 Å². The van der Waals surface area contributed by atoms with Crippen LogP contribution < -0.4 is 5.32 Å². The van der Waals surface area contributed by atoms with E-state index in [4.69, 9.17) is 11.6 Å². The molecule has 0 fully saturated rings. The first-order valence-corrected chi connectivity index (χ1v) is 8.70. The van der Waals surface area contributed by atoms with Crippen LogP contribution in [-0.4, -0.2) is 9.55 Å². The smallest absolute Gasteiger partial charge is 0.208 e. The summed E-state index contributed by atoms with van der Waals surface area (Å²) in [5.41, 5.74) is 4.73. The predicted octanol–water partition coefficient (Wildman–Crippen LogP) is 5.93. The minimum Gasteiger partial charge on any atom is -0.326 e. The van der Waals surface area contributed by atoms with Gasteiger partial charge in [-0.05, 0) is 48.9 Å². The number of hydrogen-bond acceptors (Lipinski definition) is 2. The number of anilines is 2. The van der Waals surface area contributed by atoms with E-state index in [-0.39, 0.29) is 5.82 Å². The second-order valence-corrected chi connectivity index (χ2v) is 6.71. The normalized spacial score (nSPS) is 11.0. The minimum atomic E-state index is -0.296. The number of hydrogen-bond donors (Lipinski definition) is 1. The summed E-state index contributed by atoms with van der Waals surface area (Å²) in [5.74, 6) is 0.365. The Labute approximate surface area is 156 Å². The molecule has 0 saturated carbocycles. The van der Waals surface area contributed by atoms with Crippen LogP contribution >= 0.6 is 11.6 Å². The minimum absolute atomic E-state index is 0.296. The monoisotopic (exact) mass is 365 g/mol. The maximum atomic E-state index is 13.6. The van der Waals surface area contributed by atoms with Crippen LogP contribution in [0.5, 0.6) is 0 Å². The fourth-order valence-electron chi connectivity index (χ4n) is 2.90. The van der Waals surface area contributed by atoms with Gasteiger partial charge in [0.25, 0.3) is 0 Å². The van der Waals surface area contributed by atoms with Crippen molar-refractivity contribution < 1.29 is 4.39 Å². The average Bonchev–Trinajstić information content (AvgIpc) is 2.95. The SMILES string of the molecule is Cc1ccc(Cn2c(Nc3ccc(Cl)cc3)nc3cc(F)ccc32)cc1. The van der Waals surface area contributed by atoms with Crippen molar-refractivity contribution in [1.82, 2.24) is 9.55 Å². The summed E-state index contributed by atoms with van der Waals surface area (Å²) in [6, 6.07) is 20.4. The Hall–Kier alpha value is -2.85. The van der Waals surface area contributed by atoms with Gasteiger partial charge in [0, 0.05) is 16.8 Å². The third-order valence-electron chi connectivity index (χ3n) is 4.27. The molecule has 0 atom stereocenters. The van der Waals surface area contributed by atoms with Crippen LogP contribution in [-0.2, 0) is 6.54 Å². The van der Waals surface area contributed by atoms with Gasteiger partial charge in [0.1, 0.15) is 5.82 Å². The van der Waals surface area contributed by atoms with E-state index in [0.29, 0.717) is 23.0 Å². The first-order valence-electron chi connectivity index (χ1n) is 8.32. The Balaban J connectivity index is 1.77. The van der Waals surface area contributed by atoms with E-state index >= 15 is 0 Å². The lowest BCUT2D eigenvalue weighted by Crippen LogP contribution is -2.05. The molecular formula is C21H17ClFN3. The van der Waals surface area contributed by atoms with Gasteiger partial charge in [0.05, 0.1) is 17.6 Å². The van der Waals surface area contributed by atoms with E-state index in [1.165, 1.54) is 17.7 Å². The van der Waals surface area contributed by atoms with Gasteiger partial charge in [0.15, 0.2) is 0 Å². The molecule has 1 aromatic heterocycles. The second-order valence-electron chi connectivity index (χ2n) is 6.27. The highest BCUT2D eigenvalue weighted by atomic mass is 35.5. The zero-order chi connectivity index (χ0) is 18.1. The summed E-state index contributed by atoms with van der Waals surface area (Å²) in [7, 11) is 0. The van der Waals surface area contributed by atoms with Crippen LogP contribution in [0.25, 0.3) is 11.0 Å². The van der Waals surface area contributed by atoms with Gasteiger partial charge in [-0.15, -0.1) is 0 Å². The molecule has 0 aliphatic carbocycles. The zero-order valence-corrected chi connectivity index (χ0v) is 15.0. The number of rotatable bonds is 4. The number of imidazole rings is 1. The fraction of sp³-hybridized carbons (Fsp3) is 0.0952. The Morgan fingerprint density at radius 2 is 1.73 bits per heavy atom. The summed E-state index contributed by atoms with van der Waals surface area (Å²) in [5, 5.41) is 3.98. The average molecular weight is 366 g/mol.